The normalized spacial score (nSPS) is 10.1. The van der Waals surface area contributed by atoms with Gasteiger partial charge in [-0.2, -0.15) is 0 Å². The van der Waals surface area contributed by atoms with E-state index in [1.165, 1.54) is 12.0 Å². The standard InChI is InChI=1S/C15H21NO3/c1-5-9-16(10-14(17)19-4)15(18)13-8-6-7-11(2)12(13)3/h6-8H,5,9-10H2,1-4H3. The van der Waals surface area contributed by atoms with Gasteiger partial charge < -0.3 is 9.64 Å². The molecular weight excluding hydrogens is 242 g/mol. The molecule has 0 bridgehead atoms. The van der Waals surface area contributed by atoms with Gasteiger partial charge in [0.15, 0.2) is 0 Å². The average molecular weight is 263 g/mol. The Kier molecular flexibility index (Phi) is 5.55. The first kappa shape index (κ1) is 15.2. The van der Waals surface area contributed by atoms with Crippen LogP contribution in [0.15, 0.2) is 18.2 Å². The van der Waals surface area contributed by atoms with Gasteiger partial charge in [0, 0.05) is 12.1 Å². The van der Waals surface area contributed by atoms with E-state index in [1.807, 2.05) is 32.9 Å². The molecule has 1 aromatic rings. The number of methoxy groups -OCH3 is 1. The topological polar surface area (TPSA) is 46.6 Å². The number of benzene rings is 1. The fourth-order valence-corrected chi connectivity index (χ4v) is 1.90. The van der Waals surface area contributed by atoms with Gasteiger partial charge in [0.25, 0.3) is 5.91 Å². The zero-order chi connectivity index (χ0) is 14.4. The van der Waals surface area contributed by atoms with Crippen molar-refractivity contribution in [1.82, 2.24) is 4.90 Å². The van der Waals surface area contributed by atoms with Gasteiger partial charge in [-0.3, -0.25) is 9.59 Å². The first-order valence-electron chi connectivity index (χ1n) is 6.43. The number of hydrogen-bond acceptors (Lipinski definition) is 3. The molecule has 0 saturated carbocycles. The zero-order valence-corrected chi connectivity index (χ0v) is 12.0. The van der Waals surface area contributed by atoms with E-state index in [0.717, 1.165) is 17.5 Å². The van der Waals surface area contributed by atoms with Gasteiger partial charge in [0.05, 0.1) is 7.11 Å². The summed E-state index contributed by atoms with van der Waals surface area (Å²) >= 11 is 0. The van der Waals surface area contributed by atoms with Crippen molar-refractivity contribution in [2.75, 3.05) is 20.2 Å². The average Bonchev–Trinajstić information content (AvgIpc) is 2.40. The first-order valence-corrected chi connectivity index (χ1v) is 6.43. The van der Waals surface area contributed by atoms with Crippen LogP contribution in [0.25, 0.3) is 0 Å². The molecular formula is C15H21NO3. The summed E-state index contributed by atoms with van der Waals surface area (Å²) in [6, 6.07) is 5.62. The summed E-state index contributed by atoms with van der Waals surface area (Å²) in [5, 5.41) is 0. The molecule has 0 heterocycles. The SMILES string of the molecule is CCCN(CC(=O)OC)C(=O)c1cccc(C)c1C. The van der Waals surface area contributed by atoms with Gasteiger partial charge in [-0.25, -0.2) is 0 Å². The van der Waals surface area contributed by atoms with Gasteiger partial charge in [-0.15, -0.1) is 0 Å². The Balaban J connectivity index is 2.98. The Morgan fingerprint density at radius 2 is 1.95 bits per heavy atom. The minimum atomic E-state index is -0.396. The van der Waals surface area contributed by atoms with E-state index in [4.69, 9.17) is 0 Å². The quantitative estimate of drug-likeness (QED) is 0.766. The summed E-state index contributed by atoms with van der Waals surface area (Å²) in [6.45, 7) is 6.40. The number of nitrogens with zero attached hydrogens (tertiary/aromatic N) is 1. The molecule has 19 heavy (non-hydrogen) atoms. The number of aryl methyl sites for hydroxylation is 1. The van der Waals surface area contributed by atoms with E-state index in [9.17, 15) is 9.59 Å². The minimum absolute atomic E-state index is 0.00342. The maximum absolute atomic E-state index is 12.5. The van der Waals surface area contributed by atoms with Crippen molar-refractivity contribution in [3.05, 3.63) is 34.9 Å². The number of hydrogen-bond donors (Lipinski definition) is 0. The number of rotatable bonds is 5. The summed E-state index contributed by atoms with van der Waals surface area (Å²) < 4.78 is 4.63. The second-order valence-electron chi connectivity index (χ2n) is 4.55. The molecule has 1 aromatic carbocycles. The number of amides is 1. The summed E-state index contributed by atoms with van der Waals surface area (Å²) in [6.07, 6.45) is 0.799. The van der Waals surface area contributed by atoms with Crippen LogP contribution < -0.4 is 0 Å². The monoisotopic (exact) mass is 263 g/mol. The third-order valence-electron chi connectivity index (χ3n) is 3.16. The largest absolute Gasteiger partial charge is 0.468 e. The van der Waals surface area contributed by atoms with E-state index in [0.29, 0.717) is 12.1 Å². The second-order valence-corrected chi connectivity index (χ2v) is 4.55. The van der Waals surface area contributed by atoms with Gasteiger partial charge >= 0.3 is 5.97 Å². The Morgan fingerprint density at radius 1 is 1.26 bits per heavy atom. The highest BCUT2D eigenvalue weighted by atomic mass is 16.5. The summed E-state index contributed by atoms with van der Waals surface area (Å²) in [7, 11) is 1.33. The van der Waals surface area contributed by atoms with E-state index in [-0.39, 0.29) is 12.5 Å². The molecule has 0 fully saturated rings. The molecule has 0 aromatic heterocycles. The van der Waals surface area contributed by atoms with Crippen LogP contribution in [0.1, 0.15) is 34.8 Å². The lowest BCUT2D eigenvalue weighted by atomic mass is 10.0. The Labute approximate surface area is 114 Å². The maximum Gasteiger partial charge on any atom is 0.325 e. The Hall–Kier alpha value is -1.84. The predicted octanol–water partition coefficient (Wildman–Crippen LogP) is 2.33. The molecule has 0 aliphatic heterocycles. The van der Waals surface area contributed by atoms with Crippen LogP contribution in [-0.4, -0.2) is 37.0 Å². The Bertz CT molecular complexity index is 468. The highest BCUT2D eigenvalue weighted by Crippen LogP contribution is 2.15. The van der Waals surface area contributed by atoms with Crippen LogP contribution >= 0.6 is 0 Å². The molecule has 0 aliphatic carbocycles. The number of ether oxygens (including phenoxy) is 1. The molecule has 0 aliphatic rings. The van der Waals surface area contributed by atoms with Crippen molar-refractivity contribution in [2.45, 2.75) is 27.2 Å². The van der Waals surface area contributed by atoms with Crippen molar-refractivity contribution in [3.63, 3.8) is 0 Å². The molecule has 104 valence electrons. The fraction of sp³-hybridized carbons (Fsp3) is 0.467. The molecule has 1 amide bonds. The predicted molar refractivity (Wildman–Crippen MR) is 74.1 cm³/mol. The van der Waals surface area contributed by atoms with Crippen molar-refractivity contribution in [3.8, 4) is 0 Å². The van der Waals surface area contributed by atoms with Crippen LogP contribution in [0.5, 0.6) is 0 Å². The number of carbonyl (C=O) groups is 2. The zero-order valence-electron chi connectivity index (χ0n) is 12.0. The van der Waals surface area contributed by atoms with Crippen molar-refractivity contribution >= 4 is 11.9 Å². The lowest BCUT2D eigenvalue weighted by Crippen LogP contribution is -2.37. The third-order valence-corrected chi connectivity index (χ3v) is 3.16. The van der Waals surface area contributed by atoms with E-state index >= 15 is 0 Å². The molecule has 0 saturated heterocycles. The number of esters is 1. The van der Waals surface area contributed by atoms with Crippen molar-refractivity contribution in [2.24, 2.45) is 0 Å². The molecule has 0 unspecified atom stereocenters. The molecule has 4 nitrogen and oxygen atoms in total. The molecule has 0 radical (unpaired) electrons. The third kappa shape index (κ3) is 3.81. The van der Waals surface area contributed by atoms with Gasteiger partial charge in [0.1, 0.15) is 6.54 Å². The number of carbonyl (C=O) groups excluding carboxylic acids is 2. The molecule has 0 spiro atoms. The van der Waals surface area contributed by atoms with E-state index < -0.39 is 5.97 Å². The summed E-state index contributed by atoms with van der Waals surface area (Å²) in [5.41, 5.74) is 2.68. The highest BCUT2D eigenvalue weighted by molar-refractivity contribution is 5.97. The molecule has 4 heteroatoms. The minimum Gasteiger partial charge on any atom is -0.468 e. The lowest BCUT2D eigenvalue weighted by molar-refractivity contribution is -0.141. The van der Waals surface area contributed by atoms with Gasteiger partial charge in [0.2, 0.25) is 0 Å². The van der Waals surface area contributed by atoms with E-state index in [1.54, 1.807) is 6.07 Å². The first-order chi connectivity index (χ1) is 9.01. The van der Waals surface area contributed by atoms with Crippen LogP contribution in [0.3, 0.4) is 0 Å². The summed E-state index contributed by atoms with van der Waals surface area (Å²) in [5.74, 6) is -0.513. The fourth-order valence-electron chi connectivity index (χ4n) is 1.90. The van der Waals surface area contributed by atoms with Gasteiger partial charge in [-0.05, 0) is 37.5 Å². The summed E-state index contributed by atoms with van der Waals surface area (Å²) in [4.78, 5) is 25.4. The maximum atomic E-state index is 12.5. The van der Waals surface area contributed by atoms with Crippen molar-refractivity contribution < 1.29 is 14.3 Å². The molecule has 0 atom stereocenters. The van der Waals surface area contributed by atoms with Gasteiger partial charge in [-0.1, -0.05) is 19.1 Å². The smallest absolute Gasteiger partial charge is 0.325 e. The molecule has 0 N–H and O–H groups in total. The molecule has 1 rings (SSSR count). The van der Waals surface area contributed by atoms with Crippen LogP contribution in [0.4, 0.5) is 0 Å². The van der Waals surface area contributed by atoms with Crippen LogP contribution in [0.2, 0.25) is 0 Å². The van der Waals surface area contributed by atoms with E-state index in [2.05, 4.69) is 4.74 Å². The highest BCUT2D eigenvalue weighted by Gasteiger charge is 2.20. The van der Waals surface area contributed by atoms with Crippen LogP contribution in [-0.2, 0) is 9.53 Å². The Morgan fingerprint density at radius 3 is 2.53 bits per heavy atom. The van der Waals surface area contributed by atoms with Crippen molar-refractivity contribution in [1.29, 1.82) is 0 Å². The van der Waals surface area contributed by atoms with Crippen LogP contribution in [0, 0.1) is 13.8 Å². The second kappa shape index (κ2) is 6.92. The lowest BCUT2D eigenvalue weighted by Gasteiger charge is -2.22.